The van der Waals surface area contributed by atoms with Crippen LogP contribution in [0, 0.1) is 11.3 Å². The molecule has 0 saturated carbocycles. The number of amides is 2. The summed E-state index contributed by atoms with van der Waals surface area (Å²) in [4.78, 5) is 24.7. The summed E-state index contributed by atoms with van der Waals surface area (Å²) in [5.41, 5.74) is -5.71. The Bertz CT molecular complexity index is 842. The Balaban J connectivity index is 2.30. The van der Waals surface area contributed by atoms with Crippen LogP contribution in [0.1, 0.15) is 38.8 Å². The van der Waals surface area contributed by atoms with Crippen molar-refractivity contribution in [3.8, 4) is 5.75 Å². The van der Waals surface area contributed by atoms with E-state index < -0.39 is 50.8 Å². The van der Waals surface area contributed by atoms with Crippen LogP contribution in [0.15, 0.2) is 24.3 Å². The van der Waals surface area contributed by atoms with Gasteiger partial charge in [0.1, 0.15) is 5.75 Å². The number of carbonyl (C=O) groups excluding carboxylic acids is 1. The van der Waals surface area contributed by atoms with Crippen LogP contribution >= 0.6 is 0 Å². The van der Waals surface area contributed by atoms with Crippen LogP contribution in [0.5, 0.6) is 5.75 Å². The first-order valence-electron chi connectivity index (χ1n) is 7.82. The maximum absolute atomic E-state index is 12.5. The highest BCUT2D eigenvalue weighted by atomic mass is 32.2. The maximum Gasteiger partial charge on any atom is 0.534 e. The fraction of sp³-hybridized carbons (Fsp3) is 0.500. The van der Waals surface area contributed by atoms with Crippen LogP contribution in [0.2, 0.25) is 0 Å². The van der Waals surface area contributed by atoms with Gasteiger partial charge in [0.25, 0.3) is 0 Å². The molecule has 1 aliphatic rings. The quantitative estimate of drug-likeness (QED) is 0.605. The molecule has 1 N–H and O–H groups in total. The molecule has 0 aliphatic carbocycles. The highest BCUT2D eigenvalue weighted by Crippen LogP contribution is 2.44. The third-order valence-corrected chi connectivity index (χ3v) is 5.29. The Morgan fingerprint density at radius 1 is 1.19 bits per heavy atom. The predicted molar refractivity (Wildman–Crippen MR) is 87.2 cm³/mol. The van der Waals surface area contributed by atoms with Crippen molar-refractivity contribution in [1.82, 2.24) is 4.90 Å². The van der Waals surface area contributed by atoms with Gasteiger partial charge in [0, 0.05) is 5.92 Å². The van der Waals surface area contributed by atoms with Gasteiger partial charge < -0.3 is 9.29 Å². The highest BCUT2D eigenvalue weighted by Gasteiger charge is 2.49. The number of benzene rings is 1. The average molecular weight is 409 g/mol. The molecule has 1 aliphatic heterocycles. The number of likely N-dealkylation sites (tertiary alicyclic amines) is 1. The number of hydrogen-bond acceptors (Lipinski definition) is 5. The van der Waals surface area contributed by atoms with Crippen molar-refractivity contribution < 1.29 is 40.5 Å². The summed E-state index contributed by atoms with van der Waals surface area (Å²) in [7, 11) is -5.80. The zero-order valence-electron chi connectivity index (χ0n) is 14.6. The molecule has 150 valence electrons. The van der Waals surface area contributed by atoms with E-state index in [4.69, 9.17) is 0 Å². The molecule has 1 aromatic rings. The minimum atomic E-state index is -5.80. The lowest BCUT2D eigenvalue weighted by Gasteiger charge is -2.24. The minimum Gasteiger partial charge on any atom is -0.465 e. The molecule has 1 saturated heterocycles. The van der Waals surface area contributed by atoms with Gasteiger partial charge in [-0.3, -0.25) is 4.79 Å². The van der Waals surface area contributed by atoms with E-state index in [2.05, 4.69) is 4.18 Å². The Morgan fingerprint density at radius 2 is 1.70 bits per heavy atom. The van der Waals surface area contributed by atoms with Gasteiger partial charge in [0.2, 0.25) is 5.91 Å². The lowest BCUT2D eigenvalue weighted by atomic mass is 9.78. The molecule has 1 aromatic carbocycles. The Hall–Kier alpha value is -2.30. The van der Waals surface area contributed by atoms with Crippen LogP contribution in [0.4, 0.5) is 18.0 Å². The monoisotopic (exact) mass is 409 g/mol. The fourth-order valence-corrected chi connectivity index (χ4v) is 3.37. The van der Waals surface area contributed by atoms with Gasteiger partial charge in [-0.15, -0.1) is 0 Å². The number of imide groups is 1. The Kier molecular flexibility index (Phi) is 5.21. The lowest BCUT2D eigenvalue weighted by Crippen LogP contribution is -2.36. The zero-order valence-corrected chi connectivity index (χ0v) is 15.5. The Morgan fingerprint density at radius 3 is 2.11 bits per heavy atom. The van der Waals surface area contributed by atoms with Crippen molar-refractivity contribution >= 4 is 22.1 Å². The van der Waals surface area contributed by atoms with Crippen molar-refractivity contribution in [3.63, 3.8) is 0 Å². The third-order valence-electron chi connectivity index (χ3n) is 4.31. The Labute approximate surface area is 153 Å². The molecule has 0 radical (unpaired) electrons. The van der Waals surface area contributed by atoms with E-state index in [1.165, 1.54) is 12.1 Å². The van der Waals surface area contributed by atoms with E-state index >= 15 is 0 Å². The first kappa shape index (κ1) is 21.0. The van der Waals surface area contributed by atoms with Crippen LogP contribution in [0.25, 0.3) is 0 Å². The molecule has 7 nitrogen and oxygen atoms in total. The number of hydrogen-bond donors (Lipinski definition) is 1. The summed E-state index contributed by atoms with van der Waals surface area (Å²) in [6.07, 6.45) is -1.23. The van der Waals surface area contributed by atoms with Gasteiger partial charge in [0.05, 0.1) is 6.04 Å². The van der Waals surface area contributed by atoms with Crippen LogP contribution in [0.3, 0.4) is 0 Å². The molecular formula is C16H18F3NO6S. The highest BCUT2D eigenvalue weighted by molar-refractivity contribution is 7.88. The molecule has 2 rings (SSSR count). The second-order valence-electron chi connectivity index (χ2n) is 7.21. The molecule has 2 amide bonds. The summed E-state index contributed by atoms with van der Waals surface area (Å²) in [5, 5.41) is 9.37. The van der Waals surface area contributed by atoms with E-state index in [1.807, 2.05) is 0 Å². The van der Waals surface area contributed by atoms with Gasteiger partial charge in [-0.2, -0.15) is 21.6 Å². The summed E-state index contributed by atoms with van der Waals surface area (Å²) in [5.74, 6) is -1.69. The van der Waals surface area contributed by atoms with Crippen molar-refractivity contribution in [2.24, 2.45) is 11.3 Å². The zero-order chi connectivity index (χ0) is 20.8. The smallest absolute Gasteiger partial charge is 0.465 e. The van der Waals surface area contributed by atoms with Gasteiger partial charge >= 0.3 is 21.7 Å². The first-order valence-corrected chi connectivity index (χ1v) is 9.22. The number of nitrogens with zero attached hydrogens (tertiary/aromatic N) is 1. The van der Waals surface area contributed by atoms with Crippen LogP contribution in [-0.2, 0) is 14.9 Å². The van der Waals surface area contributed by atoms with E-state index in [9.17, 15) is 36.3 Å². The molecule has 1 fully saturated rings. The standard InChI is InChI=1S/C16H18F3NO6S/c1-15(2,3)11-8-12(20(13(11)21)14(22)23)9-4-6-10(7-5-9)26-27(24,25)16(17,18)19/h4-7,11-12H,8H2,1-3H3,(H,22,23). The van der Waals surface area contributed by atoms with Crippen LogP contribution < -0.4 is 4.18 Å². The van der Waals surface area contributed by atoms with Crippen molar-refractivity contribution in [2.45, 2.75) is 38.7 Å². The van der Waals surface area contributed by atoms with Gasteiger partial charge in [-0.05, 0) is 29.5 Å². The summed E-state index contributed by atoms with van der Waals surface area (Å²) in [6, 6.07) is 3.61. The molecule has 0 aromatic heterocycles. The molecule has 2 unspecified atom stereocenters. The van der Waals surface area contributed by atoms with Crippen LogP contribution in [-0.4, -0.2) is 35.9 Å². The topological polar surface area (TPSA) is 101 Å². The predicted octanol–water partition coefficient (Wildman–Crippen LogP) is 3.53. The number of rotatable bonds is 3. The summed E-state index contributed by atoms with van der Waals surface area (Å²) in [6.45, 7) is 5.41. The number of carbonyl (C=O) groups is 2. The van der Waals surface area contributed by atoms with Crippen molar-refractivity contribution in [3.05, 3.63) is 29.8 Å². The maximum atomic E-state index is 12.5. The van der Waals surface area contributed by atoms with E-state index in [0.717, 1.165) is 12.1 Å². The van der Waals surface area contributed by atoms with E-state index in [0.29, 0.717) is 10.5 Å². The number of carboxylic acid groups (broad SMARTS) is 1. The molecule has 27 heavy (non-hydrogen) atoms. The second-order valence-corrected chi connectivity index (χ2v) is 8.75. The molecule has 0 spiro atoms. The fourth-order valence-electron chi connectivity index (χ4n) is 2.91. The second kappa shape index (κ2) is 6.70. The van der Waals surface area contributed by atoms with E-state index in [-0.39, 0.29) is 6.42 Å². The lowest BCUT2D eigenvalue weighted by molar-refractivity contribution is -0.132. The van der Waals surface area contributed by atoms with Crippen molar-refractivity contribution in [1.29, 1.82) is 0 Å². The van der Waals surface area contributed by atoms with Gasteiger partial charge in [0.15, 0.2) is 0 Å². The average Bonchev–Trinajstić information content (AvgIpc) is 2.84. The summed E-state index contributed by atoms with van der Waals surface area (Å²) >= 11 is 0. The third kappa shape index (κ3) is 4.18. The van der Waals surface area contributed by atoms with Gasteiger partial charge in [-0.1, -0.05) is 32.9 Å². The molecule has 0 bridgehead atoms. The molecule has 2 atom stereocenters. The molecule has 1 heterocycles. The largest absolute Gasteiger partial charge is 0.534 e. The SMILES string of the molecule is CC(C)(C)C1CC(c2ccc(OS(=O)(=O)C(F)(F)F)cc2)N(C(=O)O)C1=O. The molecule has 11 heteroatoms. The van der Waals surface area contributed by atoms with Crippen molar-refractivity contribution in [2.75, 3.05) is 0 Å². The molecular weight excluding hydrogens is 391 g/mol. The summed E-state index contributed by atoms with van der Waals surface area (Å²) < 4.78 is 63.1. The number of halogens is 3. The number of alkyl halides is 3. The normalized spacial score (nSPS) is 21.4. The van der Waals surface area contributed by atoms with E-state index in [1.54, 1.807) is 20.8 Å². The first-order chi connectivity index (χ1) is 12.1. The van der Waals surface area contributed by atoms with Gasteiger partial charge in [-0.25, -0.2) is 9.69 Å². The minimum absolute atomic E-state index is 0.204.